The van der Waals surface area contributed by atoms with Crippen molar-refractivity contribution in [3.05, 3.63) is 76.5 Å². The van der Waals surface area contributed by atoms with Gasteiger partial charge >= 0.3 is 0 Å². The second-order valence-electron chi connectivity index (χ2n) is 6.15. The zero-order valence-corrected chi connectivity index (χ0v) is 13.5. The molecule has 0 radical (unpaired) electrons. The molecule has 2 heterocycles. The van der Waals surface area contributed by atoms with E-state index in [1.165, 1.54) is 4.90 Å². The molecule has 0 fully saturated rings. The molecule has 4 rings (SSSR count). The summed E-state index contributed by atoms with van der Waals surface area (Å²) in [6.07, 6.45) is 0. The van der Waals surface area contributed by atoms with Crippen LogP contribution in [-0.4, -0.2) is 21.7 Å². The number of aryl methyl sites for hydroxylation is 2. The van der Waals surface area contributed by atoms with Crippen molar-refractivity contribution in [2.75, 3.05) is 0 Å². The molecule has 0 atom stereocenters. The number of imide groups is 1. The molecule has 2 amide bonds. The van der Waals surface area contributed by atoms with Crippen LogP contribution in [0, 0.1) is 13.8 Å². The fraction of sp³-hybridized carbons (Fsp3) is 0.150. The van der Waals surface area contributed by atoms with Crippen LogP contribution in [0.1, 0.15) is 37.5 Å². The number of amides is 2. The second kappa shape index (κ2) is 5.27. The number of carbonyl (C=O) groups excluding carboxylic acids is 2. The van der Waals surface area contributed by atoms with Gasteiger partial charge in [-0.05, 0) is 31.5 Å². The molecule has 24 heavy (non-hydrogen) atoms. The van der Waals surface area contributed by atoms with E-state index in [1.807, 2.05) is 55.5 Å². The summed E-state index contributed by atoms with van der Waals surface area (Å²) in [5.41, 5.74) is 4.25. The third kappa shape index (κ3) is 2.11. The lowest BCUT2D eigenvalue weighted by atomic mass is 10.0. The molecular formula is C20H16N2O2. The van der Waals surface area contributed by atoms with Crippen LogP contribution in [0.25, 0.3) is 10.9 Å². The number of hydrogen-bond acceptors (Lipinski definition) is 3. The average Bonchev–Trinajstić information content (AvgIpc) is 2.82. The van der Waals surface area contributed by atoms with Gasteiger partial charge in [0.05, 0.1) is 28.9 Å². The summed E-state index contributed by atoms with van der Waals surface area (Å²) in [7, 11) is 0. The summed E-state index contributed by atoms with van der Waals surface area (Å²) < 4.78 is 0. The molecule has 1 aromatic heterocycles. The van der Waals surface area contributed by atoms with Crippen LogP contribution in [0.2, 0.25) is 0 Å². The molecule has 0 bridgehead atoms. The number of pyridine rings is 1. The number of aromatic nitrogens is 1. The van der Waals surface area contributed by atoms with Crippen molar-refractivity contribution in [3.63, 3.8) is 0 Å². The van der Waals surface area contributed by atoms with Gasteiger partial charge in [-0.1, -0.05) is 42.0 Å². The third-order valence-corrected chi connectivity index (χ3v) is 4.42. The van der Waals surface area contributed by atoms with Crippen molar-refractivity contribution >= 4 is 22.7 Å². The number of carbonyl (C=O) groups is 2. The number of rotatable bonds is 2. The van der Waals surface area contributed by atoms with E-state index in [4.69, 9.17) is 0 Å². The highest BCUT2D eigenvalue weighted by Crippen LogP contribution is 2.32. The van der Waals surface area contributed by atoms with Gasteiger partial charge in [0.15, 0.2) is 0 Å². The van der Waals surface area contributed by atoms with Gasteiger partial charge in [-0.3, -0.25) is 19.5 Å². The first-order valence-corrected chi connectivity index (χ1v) is 7.87. The molecule has 118 valence electrons. The Morgan fingerprint density at radius 3 is 2.38 bits per heavy atom. The zero-order chi connectivity index (χ0) is 16.8. The second-order valence-corrected chi connectivity index (χ2v) is 6.15. The fourth-order valence-corrected chi connectivity index (χ4v) is 3.26. The number of hydrogen-bond donors (Lipinski definition) is 0. The molecule has 4 heteroatoms. The third-order valence-electron chi connectivity index (χ3n) is 4.42. The molecule has 4 nitrogen and oxygen atoms in total. The van der Waals surface area contributed by atoms with Crippen LogP contribution in [0.15, 0.2) is 48.5 Å². The van der Waals surface area contributed by atoms with Crippen LogP contribution in [0.3, 0.4) is 0 Å². The quantitative estimate of drug-likeness (QED) is 0.678. The minimum absolute atomic E-state index is 0.236. The highest BCUT2D eigenvalue weighted by atomic mass is 16.2. The Morgan fingerprint density at radius 2 is 1.62 bits per heavy atom. The Morgan fingerprint density at radius 1 is 0.917 bits per heavy atom. The summed E-state index contributed by atoms with van der Waals surface area (Å²) >= 11 is 0. The summed E-state index contributed by atoms with van der Waals surface area (Å²) in [5, 5.41) is 0.754. The van der Waals surface area contributed by atoms with E-state index in [-0.39, 0.29) is 18.4 Å². The summed E-state index contributed by atoms with van der Waals surface area (Å²) in [4.78, 5) is 31.6. The van der Waals surface area contributed by atoms with Gasteiger partial charge in [0.25, 0.3) is 11.8 Å². The van der Waals surface area contributed by atoms with E-state index in [0.717, 1.165) is 22.0 Å². The molecular weight excluding hydrogens is 300 g/mol. The summed E-state index contributed by atoms with van der Waals surface area (Å²) in [5.74, 6) is -0.493. The Kier molecular flexibility index (Phi) is 3.20. The highest BCUT2D eigenvalue weighted by molar-refractivity contribution is 6.26. The minimum Gasteiger partial charge on any atom is -0.270 e. The van der Waals surface area contributed by atoms with E-state index in [9.17, 15) is 9.59 Å². The smallest absolute Gasteiger partial charge is 0.263 e. The van der Waals surface area contributed by atoms with Crippen molar-refractivity contribution in [2.45, 2.75) is 20.4 Å². The van der Waals surface area contributed by atoms with Gasteiger partial charge in [0.2, 0.25) is 0 Å². The Labute approximate surface area is 139 Å². The standard InChI is InChI=1S/C20H16N2O2/c1-12-8-9-16-15(10-12)18-17(13(2)21-16)19(23)22(20(18)24)11-14-6-4-3-5-7-14/h3-10H,11H2,1-2H3. The van der Waals surface area contributed by atoms with Crippen molar-refractivity contribution < 1.29 is 9.59 Å². The average molecular weight is 316 g/mol. The maximum Gasteiger partial charge on any atom is 0.263 e. The van der Waals surface area contributed by atoms with Gasteiger partial charge in [-0.15, -0.1) is 0 Å². The molecule has 1 aliphatic heterocycles. The van der Waals surface area contributed by atoms with E-state index < -0.39 is 0 Å². The van der Waals surface area contributed by atoms with Crippen LogP contribution in [-0.2, 0) is 6.54 Å². The SMILES string of the molecule is Cc1ccc2nc(C)c3c(c2c1)C(=O)N(Cc1ccccc1)C3=O. The maximum absolute atomic E-state index is 13.0. The molecule has 1 aliphatic rings. The predicted molar refractivity (Wildman–Crippen MR) is 91.9 cm³/mol. The molecule has 2 aromatic carbocycles. The Bertz CT molecular complexity index is 993. The van der Waals surface area contributed by atoms with Gasteiger partial charge in [0.1, 0.15) is 0 Å². The molecule has 3 aromatic rings. The number of nitrogens with zero attached hydrogens (tertiary/aromatic N) is 2. The first kappa shape index (κ1) is 14.6. The summed E-state index contributed by atoms with van der Waals surface area (Å²) in [6, 6.07) is 15.3. The summed E-state index contributed by atoms with van der Waals surface area (Å²) in [6.45, 7) is 4.03. The molecule has 0 spiro atoms. The minimum atomic E-state index is -0.257. The highest BCUT2D eigenvalue weighted by Gasteiger charge is 2.38. The molecule has 0 N–H and O–H groups in total. The van der Waals surface area contributed by atoms with Crippen molar-refractivity contribution in [2.24, 2.45) is 0 Å². The molecule has 0 aliphatic carbocycles. The van der Waals surface area contributed by atoms with Gasteiger partial charge in [-0.2, -0.15) is 0 Å². The predicted octanol–water partition coefficient (Wildman–Crippen LogP) is 3.65. The van der Waals surface area contributed by atoms with Gasteiger partial charge < -0.3 is 0 Å². The van der Waals surface area contributed by atoms with Crippen molar-refractivity contribution in [3.8, 4) is 0 Å². The monoisotopic (exact) mass is 316 g/mol. The fourth-order valence-electron chi connectivity index (χ4n) is 3.26. The van der Waals surface area contributed by atoms with Crippen LogP contribution in [0.5, 0.6) is 0 Å². The normalized spacial score (nSPS) is 13.7. The maximum atomic E-state index is 13.0. The molecule has 0 saturated heterocycles. The van der Waals surface area contributed by atoms with Gasteiger partial charge in [0, 0.05) is 5.39 Å². The topological polar surface area (TPSA) is 50.3 Å². The largest absolute Gasteiger partial charge is 0.270 e. The van der Waals surface area contributed by atoms with E-state index in [2.05, 4.69) is 4.98 Å². The number of fused-ring (bicyclic) bond motifs is 3. The van der Waals surface area contributed by atoms with E-state index >= 15 is 0 Å². The van der Waals surface area contributed by atoms with E-state index in [1.54, 1.807) is 6.92 Å². The van der Waals surface area contributed by atoms with Gasteiger partial charge in [-0.25, -0.2) is 0 Å². The van der Waals surface area contributed by atoms with Crippen molar-refractivity contribution in [1.82, 2.24) is 9.88 Å². The Balaban J connectivity index is 1.88. The number of benzene rings is 2. The lowest BCUT2D eigenvalue weighted by Crippen LogP contribution is -2.29. The Hall–Kier alpha value is -3.01. The first-order valence-electron chi connectivity index (χ1n) is 7.87. The molecule has 0 unspecified atom stereocenters. The van der Waals surface area contributed by atoms with Crippen LogP contribution >= 0.6 is 0 Å². The van der Waals surface area contributed by atoms with E-state index in [0.29, 0.717) is 16.8 Å². The molecule has 0 saturated carbocycles. The lowest BCUT2D eigenvalue weighted by Gasteiger charge is -2.13. The zero-order valence-electron chi connectivity index (χ0n) is 13.5. The lowest BCUT2D eigenvalue weighted by molar-refractivity contribution is 0.0642. The van der Waals surface area contributed by atoms with Crippen molar-refractivity contribution in [1.29, 1.82) is 0 Å². The first-order chi connectivity index (χ1) is 11.6. The van der Waals surface area contributed by atoms with Crippen LogP contribution < -0.4 is 0 Å². The van der Waals surface area contributed by atoms with Crippen LogP contribution in [0.4, 0.5) is 0 Å².